The van der Waals surface area contributed by atoms with E-state index in [4.69, 9.17) is 0 Å². The van der Waals surface area contributed by atoms with Crippen LogP contribution in [0, 0.1) is 0 Å². The molecule has 0 aliphatic heterocycles. The van der Waals surface area contributed by atoms with Gasteiger partial charge in [0.2, 0.25) is 0 Å². The number of halogens is 1. The van der Waals surface area contributed by atoms with E-state index < -0.39 is 0 Å². The Morgan fingerprint density at radius 1 is 1.30 bits per heavy atom. The number of aromatic nitrogens is 1. The van der Waals surface area contributed by atoms with E-state index in [-0.39, 0.29) is 24.0 Å². The molecule has 0 saturated carbocycles. The van der Waals surface area contributed by atoms with Crippen molar-refractivity contribution in [3.05, 3.63) is 38.5 Å². The van der Waals surface area contributed by atoms with E-state index in [1.165, 1.54) is 9.88 Å². The SMILES string of the molecule is CCc1nc(CNC(=NC)NCc2cccs2)cs1.I. The molecular weight excluding hydrogens is 403 g/mol. The van der Waals surface area contributed by atoms with E-state index in [2.05, 4.69) is 50.4 Å². The lowest BCUT2D eigenvalue weighted by molar-refractivity contribution is 0.800. The standard InChI is InChI=1S/C13H18N4S2.HI/c1-3-12-17-10(9-19-12)7-15-13(14-2)16-8-11-5-4-6-18-11;/h4-6,9H,3,7-8H2,1-2H3,(H2,14,15,16);1H. The average molecular weight is 422 g/mol. The van der Waals surface area contributed by atoms with E-state index in [1.807, 2.05) is 0 Å². The highest BCUT2D eigenvalue weighted by Gasteiger charge is 2.02. The van der Waals surface area contributed by atoms with Crippen LogP contribution in [0.3, 0.4) is 0 Å². The van der Waals surface area contributed by atoms with Gasteiger partial charge in [0.1, 0.15) is 0 Å². The minimum Gasteiger partial charge on any atom is -0.352 e. The van der Waals surface area contributed by atoms with Gasteiger partial charge in [-0.3, -0.25) is 4.99 Å². The summed E-state index contributed by atoms with van der Waals surface area (Å²) in [6, 6.07) is 4.17. The van der Waals surface area contributed by atoms with Crippen molar-refractivity contribution < 1.29 is 0 Å². The average Bonchev–Trinajstić information content (AvgIpc) is 3.10. The number of thiophene rings is 1. The maximum absolute atomic E-state index is 4.52. The summed E-state index contributed by atoms with van der Waals surface area (Å²) < 4.78 is 0. The number of hydrogen-bond acceptors (Lipinski definition) is 4. The molecule has 7 heteroatoms. The summed E-state index contributed by atoms with van der Waals surface area (Å²) in [5.41, 5.74) is 1.07. The molecule has 2 heterocycles. The minimum absolute atomic E-state index is 0. The van der Waals surface area contributed by atoms with Crippen molar-refractivity contribution >= 4 is 52.6 Å². The first-order chi connectivity index (χ1) is 9.31. The van der Waals surface area contributed by atoms with Crippen molar-refractivity contribution in [2.45, 2.75) is 26.4 Å². The molecule has 2 N–H and O–H groups in total. The second-order valence-corrected chi connectivity index (χ2v) is 5.92. The monoisotopic (exact) mass is 422 g/mol. The molecule has 0 aliphatic rings. The van der Waals surface area contributed by atoms with Crippen LogP contribution in [0.1, 0.15) is 22.5 Å². The maximum atomic E-state index is 4.52. The van der Waals surface area contributed by atoms with Crippen molar-refractivity contribution in [1.29, 1.82) is 0 Å². The zero-order valence-corrected chi connectivity index (χ0v) is 15.5. The van der Waals surface area contributed by atoms with Gasteiger partial charge in [0.05, 0.1) is 23.8 Å². The second kappa shape index (κ2) is 9.30. The van der Waals surface area contributed by atoms with Gasteiger partial charge >= 0.3 is 0 Å². The quantitative estimate of drug-likeness (QED) is 0.442. The highest BCUT2D eigenvalue weighted by atomic mass is 127. The summed E-state index contributed by atoms with van der Waals surface area (Å²) in [6.45, 7) is 3.63. The zero-order chi connectivity index (χ0) is 13.5. The molecule has 0 aromatic carbocycles. The number of hydrogen-bond donors (Lipinski definition) is 2. The van der Waals surface area contributed by atoms with Crippen LogP contribution in [-0.2, 0) is 19.5 Å². The molecule has 4 nitrogen and oxygen atoms in total. The Morgan fingerprint density at radius 2 is 2.10 bits per heavy atom. The van der Waals surface area contributed by atoms with Gasteiger partial charge in [-0.15, -0.1) is 46.7 Å². The Hall–Kier alpha value is -0.670. The van der Waals surface area contributed by atoms with Crippen LogP contribution in [0.15, 0.2) is 27.9 Å². The maximum Gasteiger partial charge on any atom is 0.191 e. The fraction of sp³-hybridized carbons (Fsp3) is 0.385. The molecular formula is C13H19IN4S2. The van der Waals surface area contributed by atoms with Gasteiger partial charge < -0.3 is 10.6 Å². The molecule has 110 valence electrons. The fourth-order valence-corrected chi connectivity index (χ4v) is 2.96. The molecule has 0 amide bonds. The minimum atomic E-state index is 0. The van der Waals surface area contributed by atoms with Gasteiger partial charge in [-0.2, -0.15) is 0 Å². The molecule has 2 aromatic heterocycles. The largest absolute Gasteiger partial charge is 0.352 e. The van der Waals surface area contributed by atoms with Gasteiger partial charge in [-0.05, 0) is 17.9 Å². The molecule has 0 spiro atoms. The number of nitrogens with zero attached hydrogens (tertiary/aromatic N) is 2. The van der Waals surface area contributed by atoms with E-state index >= 15 is 0 Å². The molecule has 0 atom stereocenters. The third-order valence-corrected chi connectivity index (χ3v) is 4.49. The summed E-state index contributed by atoms with van der Waals surface area (Å²) in [5, 5.41) is 11.9. The summed E-state index contributed by atoms with van der Waals surface area (Å²) in [4.78, 5) is 10.0. The van der Waals surface area contributed by atoms with E-state index in [0.29, 0.717) is 6.54 Å². The van der Waals surface area contributed by atoms with Crippen molar-refractivity contribution in [3.63, 3.8) is 0 Å². The molecule has 2 rings (SSSR count). The van der Waals surface area contributed by atoms with Crippen molar-refractivity contribution in [2.24, 2.45) is 4.99 Å². The molecule has 0 unspecified atom stereocenters. The third kappa shape index (κ3) is 5.37. The topological polar surface area (TPSA) is 49.3 Å². The van der Waals surface area contributed by atoms with Crippen molar-refractivity contribution in [2.75, 3.05) is 7.05 Å². The van der Waals surface area contributed by atoms with Crippen LogP contribution >= 0.6 is 46.7 Å². The summed E-state index contributed by atoms with van der Waals surface area (Å²) in [7, 11) is 1.78. The van der Waals surface area contributed by atoms with Gasteiger partial charge in [-0.25, -0.2) is 4.98 Å². The number of nitrogens with one attached hydrogen (secondary N) is 2. The molecule has 2 aromatic rings. The van der Waals surface area contributed by atoms with Gasteiger partial charge in [0, 0.05) is 17.3 Å². The molecule has 0 fully saturated rings. The Morgan fingerprint density at radius 3 is 2.70 bits per heavy atom. The fourth-order valence-electron chi connectivity index (χ4n) is 1.57. The number of thiazole rings is 1. The van der Waals surface area contributed by atoms with Gasteiger partial charge in [0.25, 0.3) is 0 Å². The Labute approximate surface area is 144 Å². The number of rotatable bonds is 5. The summed E-state index contributed by atoms with van der Waals surface area (Å²) >= 11 is 3.45. The predicted octanol–water partition coefficient (Wildman–Crippen LogP) is 3.25. The van der Waals surface area contributed by atoms with Gasteiger partial charge in [0.15, 0.2) is 5.96 Å². The Kier molecular flexibility index (Phi) is 8.08. The van der Waals surface area contributed by atoms with Crippen molar-refractivity contribution in [1.82, 2.24) is 15.6 Å². The predicted molar refractivity (Wildman–Crippen MR) is 98.3 cm³/mol. The lowest BCUT2D eigenvalue weighted by Gasteiger charge is -2.09. The lowest BCUT2D eigenvalue weighted by atomic mass is 10.4. The number of aliphatic imine (C=N–C) groups is 1. The Bertz CT molecular complexity index is 522. The van der Waals surface area contributed by atoms with E-state index in [0.717, 1.165) is 24.6 Å². The summed E-state index contributed by atoms with van der Waals surface area (Å²) in [6.07, 6.45) is 0.996. The molecule has 20 heavy (non-hydrogen) atoms. The van der Waals surface area contributed by atoms with Crippen LogP contribution in [0.2, 0.25) is 0 Å². The molecule has 0 radical (unpaired) electrons. The first-order valence-electron chi connectivity index (χ1n) is 6.22. The van der Waals surface area contributed by atoms with Crippen molar-refractivity contribution in [3.8, 4) is 0 Å². The van der Waals surface area contributed by atoms with Crippen LogP contribution in [-0.4, -0.2) is 18.0 Å². The number of aryl methyl sites for hydroxylation is 1. The lowest BCUT2D eigenvalue weighted by Crippen LogP contribution is -2.36. The van der Waals surface area contributed by atoms with E-state index in [9.17, 15) is 0 Å². The summed E-state index contributed by atoms with van der Waals surface area (Å²) in [5.74, 6) is 0.805. The normalized spacial score (nSPS) is 11.0. The first-order valence-corrected chi connectivity index (χ1v) is 7.98. The first kappa shape index (κ1) is 17.4. The highest BCUT2D eigenvalue weighted by Crippen LogP contribution is 2.10. The Balaban J connectivity index is 0.00000200. The number of guanidine groups is 1. The van der Waals surface area contributed by atoms with Gasteiger partial charge in [-0.1, -0.05) is 13.0 Å². The van der Waals surface area contributed by atoms with Crippen LogP contribution in [0.25, 0.3) is 0 Å². The molecule has 0 bridgehead atoms. The highest BCUT2D eigenvalue weighted by molar-refractivity contribution is 14.0. The molecule has 0 aliphatic carbocycles. The van der Waals surface area contributed by atoms with E-state index in [1.54, 1.807) is 29.7 Å². The van der Waals surface area contributed by atoms with Crippen LogP contribution in [0.5, 0.6) is 0 Å². The molecule has 0 saturated heterocycles. The van der Waals surface area contributed by atoms with Crippen LogP contribution < -0.4 is 10.6 Å². The zero-order valence-electron chi connectivity index (χ0n) is 11.5. The third-order valence-electron chi connectivity index (χ3n) is 2.57. The smallest absolute Gasteiger partial charge is 0.191 e. The van der Waals surface area contributed by atoms with Crippen LogP contribution in [0.4, 0.5) is 0 Å². The second-order valence-electron chi connectivity index (χ2n) is 3.94.